The predicted molar refractivity (Wildman–Crippen MR) is 45.2 cm³/mol. The SMILES string of the molecule is CC(OCc1nnsc1Cl)C(F)(F)F. The zero-order valence-electron chi connectivity index (χ0n) is 7.01. The summed E-state index contributed by atoms with van der Waals surface area (Å²) in [6, 6.07) is 0. The van der Waals surface area contributed by atoms with Gasteiger partial charge in [-0.2, -0.15) is 13.2 Å². The fourth-order valence-corrected chi connectivity index (χ4v) is 1.18. The zero-order valence-corrected chi connectivity index (χ0v) is 8.58. The Hall–Kier alpha value is -0.400. The van der Waals surface area contributed by atoms with E-state index in [1.807, 2.05) is 0 Å². The van der Waals surface area contributed by atoms with Crippen molar-refractivity contribution in [2.45, 2.75) is 25.8 Å². The number of ether oxygens (including phenoxy) is 1. The maximum absolute atomic E-state index is 12.0. The Morgan fingerprint density at radius 3 is 2.64 bits per heavy atom. The number of hydrogen-bond donors (Lipinski definition) is 0. The summed E-state index contributed by atoms with van der Waals surface area (Å²) in [5.41, 5.74) is 0.229. The number of alkyl halides is 3. The van der Waals surface area contributed by atoms with Crippen molar-refractivity contribution < 1.29 is 17.9 Å². The number of hydrogen-bond acceptors (Lipinski definition) is 4. The quantitative estimate of drug-likeness (QED) is 0.822. The van der Waals surface area contributed by atoms with Gasteiger partial charge in [-0.15, -0.1) is 5.10 Å². The van der Waals surface area contributed by atoms with E-state index in [1.165, 1.54) is 0 Å². The fourth-order valence-electron chi connectivity index (χ4n) is 0.582. The van der Waals surface area contributed by atoms with Crippen LogP contribution in [0, 0.1) is 0 Å². The highest BCUT2D eigenvalue weighted by Gasteiger charge is 2.37. The molecule has 0 amide bonds. The van der Waals surface area contributed by atoms with E-state index in [4.69, 9.17) is 11.6 Å². The third-order valence-corrected chi connectivity index (χ3v) is 2.42. The lowest BCUT2D eigenvalue weighted by Crippen LogP contribution is -2.28. The van der Waals surface area contributed by atoms with Gasteiger partial charge in [0.1, 0.15) is 10.0 Å². The van der Waals surface area contributed by atoms with Crippen LogP contribution in [0.15, 0.2) is 0 Å². The van der Waals surface area contributed by atoms with Crippen molar-refractivity contribution in [2.24, 2.45) is 0 Å². The summed E-state index contributed by atoms with van der Waals surface area (Å²) in [7, 11) is 0. The Labute approximate surface area is 87.0 Å². The van der Waals surface area contributed by atoms with Crippen molar-refractivity contribution in [3.05, 3.63) is 10.0 Å². The van der Waals surface area contributed by atoms with Crippen LogP contribution in [0.1, 0.15) is 12.6 Å². The standard InChI is InChI=1S/C6H6ClF3N2OS/c1-3(6(8,9)10)13-2-4-5(7)14-12-11-4/h3H,2H2,1H3. The van der Waals surface area contributed by atoms with Crippen molar-refractivity contribution in [1.82, 2.24) is 9.59 Å². The number of aromatic nitrogens is 2. The second-order valence-electron chi connectivity index (χ2n) is 2.49. The van der Waals surface area contributed by atoms with Crippen LogP contribution in [0.25, 0.3) is 0 Å². The van der Waals surface area contributed by atoms with Crippen LogP contribution >= 0.6 is 23.1 Å². The van der Waals surface area contributed by atoms with E-state index in [-0.39, 0.29) is 16.6 Å². The highest BCUT2D eigenvalue weighted by atomic mass is 35.5. The monoisotopic (exact) mass is 246 g/mol. The van der Waals surface area contributed by atoms with E-state index in [1.54, 1.807) is 0 Å². The zero-order chi connectivity index (χ0) is 10.8. The summed E-state index contributed by atoms with van der Waals surface area (Å²) in [4.78, 5) is 0. The maximum atomic E-state index is 12.0. The summed E-state index contributed by atoms with van der Waals surface area (Å²) in [6.07, 6.45) is -6.20. The Kier molecular flexibility index (Phi) is 3.68. The normalized spacial score (nSPS) is 14.4. The van der Waals surface area contributed by atoms with Crippen LogP contribution in [0.4, 0.5) is 13.2 Å². The lowest BCUT2D eigenvalue weighted by atomic mass is 10.4. The van der Waals surface area contributed by atoms with Crippen LogP contribution in [0.5, 0.6) is 0 Å². The number of rotatable bonds is 3. The first-order valence-corrected chi connectivity index (χ1v) is 4.71. The van der Waals surface area contributed by atoms with Crippen LogP contribution in [-0.4, -0.2) is 21.9 Å². The van der Waals surface area contributed by atoms with Gasteiger partial charge >= 0.3 is 6.18 Å². The smallest absolute Gasteiger partial charge is 0.363 e. The first kappa shape index (κ1) is 11.7. The Bertz CT molecular complexity index is 304. The molecule has 0 saturated heterocycles. The van der Waals surface area contributed by atoms with Gasteiger partial charge in [-0.3, -0.25) is 0 Å². The average molecular weight is 247 g/mol. The van der Waals surface area contributed by atoms with Crippen LogP contribution in [0.2, 0.25) is 4.34 Å². The van der Waals surface area contributed by atoms with Crippen molar-refractivity contribution in [3.63, 3.8) is 0 Å². The molecule has 1 rings (SSSR count). The molecule has 0 saturated carbocycles. The topological polar surface area (TPSA) is 35.0 Å². The molecule has 1 aromatic heterocycles. The van der Waals surface area contributed by atoms with E-state index < -0.39 is 12.3 Å². The molecule has 0 radical (unpaired) electrons. The molecule has 1 atom stereocenters. The van der Waals surface area contributed by atoms with Crippen LogP contribution < -0.4 is 0 Å². The van der Waals surface area contributed by atoms with E-state index in [9.17, 15) is 13.2 Å². The van der Waals surface area contributed by atoms with Crippen molar-refractivity contribution >= 4 is 23.1 Å². The average Bonchev–Trinajstić information content (AvgIpc) is 2.45. The summed E-state index contributed by atoms with van der Waals surface area (Å²) in [6.45, 7) is 0.643. The third kappa shape index (κ3) is 3.07. The van der Waals surface area contributed by atoms with Gasteiger partial charge in [-0.25, -0.2) is 0 Å². The van der Waals surface area contributed by atoms with Gasteiger partial charge in [0.25, 0.3) is 0 Å². The van der Waals surface area contributed by atoms with E-state index >= 15 is 0 Å². The summed E-state index contributed by atoms with van der Waals surface area (Å²) < 4.78 is 44.2. The van der Waals surface area contributed by atoms with Crippen molar-refractivity contribution in [3.8, 4) is 0 Å². The molecule has 0 N–H and O–H groups in total. The lowest BCUT2D eigenvalue weighted by molar-refractivity contribution is -0.217. The van der Waals surface area contributed by atoms with Crippen LogP contribution in [-0.2, 0) is 11.3 Å². The molecule has 3 nitrogen and oxygen atoms in total. The highest BCUT2D eigenvalue weighted by molar-refractivity contribution is 7.10. The van der Waals surface area contributed by atoms with Gasteiger partial charge in [0, 0.05) is 11.5 Å². The molecular formula is C6H6ClF3N2OS. The first-order chi connectivity index (χ1) is 6.41. The minimum absolute atomic E-state index is 0.229. The Morgan fingerprint density at radius 2 is 2.21 bits per heavy atom. The van der Waals surface area contributed by atoms with Gasteiger partial charge in [0.15, 0.2) is 6.10 Å². The molecule has 1 aromatic rings. The largest absolute Gasteiger partial charge is 0.414 e. The van der Waals surface area contributed by atoms with Crippen LogP contribution in [0.3, 0.4) is 0 Å². The molecule has 0 spiro atoms. The van der Waals surface area contributed by atoms with Gasteiger partial charge in [0.2, 0.25) is 0 Å². The number of nitrogens with zero attached hydrogens (tertiary/aromatic N) is 2. The van der Waals surface area contributed by atoms with Crippen molar-refractivity contribution in [2.75, 3.05) is 0 Å². The molecule has 0 aliphatic rings. The molecule has 0 aromatic carbocycles. The van der Waals surface area contributed by atoms with Crippen molar-refractivity contribution in [1.29, 1.82) is 0 Å². The molecular weight excluding hydrogens is 241 g/mol. The molecule has 1 unspecified atom stereocenters. The number of halogens is 4. The molecule has 80 valence electrons. The second kappa shape index (κ2) is 4.41. The van der Waals surface area contributed by atoms with Gasteiger partial charge in [-0.05, 0) is 6.92 Å². The second-order valence-corrected chi connectivity index (χ2v) is 3.84. The minimum Gasteiger partial charge on any atom is -0.363 e. The summed E-state index contributed by atoms with van der Waals surface area (Å²) >= 11 is 6.48. The minimum atomic E-state index is -4.37. The molecule has 0 aliphatic carbocycles. The fraction of sp³-hybridized carbons (Fsp3) is 0.667. The Morgan fingerprint density at radius 1 is 1.57 bits per heavy atom. The highest BCUT2D eigenvalue weighted by Crippen LogP contribution is 2.24. The first-order valence-electron chi connectivity index (χ1n) is 3.56. The van der Waals surface area contributed by atoms with E-state index in [2.05, 4.69) is 14.3 Å². The predicted octanol–water partition coefficient (Wildman–Crippen LogP) is 2.66. The summed E-state index contributed by atoms with van der Waals surface area (Å²) in [5.74, 6) is 0. The molecule has 0 fully saturated rings. The van der Waals surface area contributed by atoms with E-state index in [0.717, 1.165) is 18.5 Å². The molecule has 1 heterocycles. The lowest BCUT2D eigenvalue weighted by Gasteiger charge is -2.15. The maximum Gasteiger partial charge on any atom is 0.414 e. The molecule has 0 aliphatic heterocycles. The summed E-state index contributed by atoms with van der Waals surface area (Å²) in [5, 5.41) is 3.51. The van der Waals surface area contributed by atoms with Gasteiger partial charge in [-0.1, -0.05) is 16.1 Å². The third-order valence-electron chi connectivity index (χ3n) is 1.44. The molecule has 8 heteroatoms. The molecule has 0 bridgehead atoms. The van der Waals surface area contributed by atoms with Gasteiger partial charge < -0.3 is 4.74 Å². The van der Waals surface area contributed by atoms with Gasteiger partial charge in [0.05, 0.1) is 6.61 Å². The van der Waals surface area contributed by atoms with E-state index in [0.29, 0.717) is 0 Å². The molecule has 14 heavy (non-hydrogen) atoms. The Balaban J connectivity index is 2.46.